The third-order valence-corrected chi connectivity index (χ3v) is 9.22. The topological polar surface area (TPSA) is 13.1 Å². The summed E-state index contributed by atoms with van der Waals surface area (Å²) < 4.78 is 6.28. The molecule has 0 unspecified atom stereocenters. The molecule has 0 aliphatic rings. The van der Waals surface area contributed by atoms with Crippen molar-refractivity contribution in [1.29, 1.82) is 0 Å². The van der Waals surface area contributed by atoms with E-state index in [1.54, 1.807) is 0 Å². The van der Waals surface area contributed by atoms with E-state index in [1.165, 1.54) is 59.0 Å². The predicted octanol–water partition coefficient (Wildman–Crippen LogP) is 8.74. The molecule has 0 spiro atoms. The standard InChI is InChI=1S/C31H24OSi/c1-33(2,3)20-13-15-22-26-18-30-27(23-10-6-7-11-29(23)32-30)17-25(26)24-14-12-19-8-4-5-9-21(19)31(24)28(22)16-20/h4-18H,1-3H3. The fraction of sp³-hybridized carbons (Fsp3) is 0.0968. The van der Waals surface area contributed by atoms with Gasteiger partial charge < -0.3 is 4.42 Å². The third kappa shape index (κ3) is 2.65. The number of hydrogen-bond acceptors (Lipinski definition) is 1. The van der Waals surface area contributed by atoms with E-state index in [9.17, 15) is 0 Å². The molecule has 0 bridgehead atoms. The highest BCUT2D eigenvalue weighted by Crippen LogP contribution is 2.41. The minimum absolute atomic E-state index is 0.947. The SMILES string of the molecule is C[Si](C)(C)c1ccc2c3cc4oc5ccccc5c4cc3c3ccc4ccccc4c3c2c1. The molecule has 0 aliphatic carbocycles. The van der Waals surface area contributed by atoms with Gasteiger partial charge in [-0.3, -0.25) is 0 Å². The van der Waals surface area contributed by atoms with Gasteiger partial charge in [-0.2, -0.15) is 0 Å². The molecule has 7 rings (SSSR count). The van der Waals surface area contributed by atoms with Gasteiger partial charge in [0, 0.05) is 10.8 Å². The van der Waals surface area contributed by atoms with Crippen LogP contribution in [0.25, 0.3) is 65.0 Å². The Labute approximate surface area is 193 Å². The van der Waals surface area contributed by atoms with Crippen LogP contribution in [-0.4, -0.2) is 8.07 Å². The number of rotatable bonds is 1. The zero-order valence-corrected chi connectivity index (χ0v) is 20.1. The van der Waals surface area contributed by atoms with Crippen molar-refractivity contribution in [2.24, 2.45) is 0 Å². The minimum Gasteiger partial charge on any atom is -0.456 e. The minimum atomic E-state index is -1.46. The molecule has 2 heteroatoms. The summed E-state index contributed by atoms with van der Waals surface area (Å²) >= 11 is 0. The number of benzene rings is 6. The van der Waals surface area contributed by atoms with Crippen LogP contribution in [0.3, 0.4) is 0 Å². The highest BCUT2D eigenvalue weighted by atomic mass is 28.3. The van der Waals surface area contributed by atoms with Gasteiger partial charge >= 0.3 is 0 Å². The lowest BCUT2D eigenvalue weighted by Gasteiger charge is -2.19. The second kappa shape index (κ2) is 6.46. The first-order valence-electron chi connectivity index (χ1n) is 11.6. The van der Waals surface area contributed by atoms with Crippen LogP contribution >= 0.6 is 0 Å². The van der Waals surface area contributed by atoms with Crippen molar-refractivity contribution < 1.29 is 4.42 Å². The number of para-hydroxylation sites is 1. The molecule has 0 fully saturated rings. The smallest absolute Gasteiger partial charge is 0.136 e. The van der Waals surface area contributed by atoms with Crippen molar-refractivity contribution in [2.45, 2.75) is 19.6 Å². The molecule has 7 aromatic rings. The van der Waals surface area contributed by atoms with Gasteiger partial charge in [0.15, 0.2) is 0 Å². The molecular weight excluding hydrogens is 416 g/mol. The van der Waals surface area contributed by atoms with Gasteiger partial charge in [0.2, 0.25) is 0 Å². The maximum atomic E-state index is 6.28. The summed E-state index contributed by atoms with van der Waals surface area (Å²) in [5.41, 5.74) is 1.90. The Balaban J connectivity index is 1.78. The zero-order valence-electron chi connectivity index (χ0n) is 19.1. The van der Waals surface area contributed by atoms with Crippen molar-refractivity contribution >= 4 is 78.3 Å². The predicted molar refractivity (Wildman–Crippen MR) is 147 cm³/mol. The zero-order chi connectivity index (χ0) is 22.3. The lowest BCUT2D eigenvalue weighted by atomic mass is 9.90. The van der Waals surface area contributed by atoms with Crippen LogP contribution in [-0.2, 0) is 0 Å². The summed E-state index contributed by atoms with van der Waals surface area (Å²) in [4.78, 5) is 0. The molecule has 1 heterocycles. The van der Waals surface area contributed by atoms with E-state index < -0.39 is 8.07 Å². The monoisotopic (exact) mass is 440 g/mol. The summed E-state index contributed by atoms with van der Waals surface area (Å²) in [5.74, 6) is 0. The summed E-state index contributed by atoms with van der Waals surface area (Å²) in [6, 6.07) is 33.5. The molecule has 1 aromatic heterocycles. The Morgan fingerprint density at radius 3 is 2.06 bits per heavy atom. The summed E-state index contributed by atoms with van der Waals surface area (Å²) in [6.07, 6.45) is 0. The van der Waals surface area contributed by atoms with Crippen molar-refractivity contribution in [3.63, 3.8) is 0 Å². The largest absolute Gasteiger partial charge is 0.456 e. The van der Waals surface area contributed by atoms with E-state index in [0.717, 1.165) is 11.2 Å². The molecule has 6 aromatic carbocycles. The van der Waals surface area contributed by atoms with Crippen molar-refractivity contribution in [2.75, 3.05) is 0 Å². The van der Waals surface area contributed by atoms with Gasteiger partial charge in [0.05, 0.1) is 8.07 Å². The molecule has 158 valence electrons. The fourth-order valence-corrected chi connectivity index (χ4v) is 6.62. The normalized spacial score (nSPS) is 12.7. The van der Waals surface area contributed by atoms with Gasteiger partial charge in [-0.25, -0.2) is 0 Å². The van der Waals surface area contributed by atoms with E-state index in [0.29, 0.717) is 0 Å². The average Bonchev–Trinajstić information content (AvgIpc) is 3.19. The van der Waals surface area contributed by atoms with Crippen LogP contribution in [0.4, 0.5) is 0 Å². The van der Waals surface area contributed by atoms with Crippen LogP contribution in [0.5, 0.6) is 0 Å². The van der Waals surface area contributed by atoms with Gasteiger partial charge in [0.25, 0.3) is 0 Å². The van der Waals surface area contributed by atoms with Crippen LogP contribution in [0.2, 0.25) is 19.6 Å². The first kappa shape index (κ1) is 18.9. The van der Waals surface area contributed by atoms with Crippen molar-refractivity contribution in [1.82, 2.24) is 0 Å². The Hall–Kier alpha value is -3.62. The van der Waals surface area contributed by atoms with E-state index in [2.05, 4.69) is 105 Å². The summed E-state index contributed by atoms with van der Waals surface area (Å²) in [6.45, 7) is 7.27. The Bertz CT molecular complexity index is 1900. The van der Waals surface area contributed by atoms with Gasteiger partial charge in [-0.15, -0.1) is 0 Å². The average molecular weight is 441 g/mol. The molecule has 0 amide bonds. The maximum Gasteiger partial charge on any atom is 0.136 e. The second-order valence-electron chi connectivity index (χ2n) is 10.2. The fourth-order valence-electron chi connectivity index (χ4n) is 5.46. The van der Waals surface area contributed by atoms with E-state index in [4.69, 9.17) is 4.42 Å². The van der Waals surface area contributed by atoms with E-state index >= 15 is 0 Å². The van der Waals surface area contributed by atoms with Crippen LogP contribution in [0.1, 0.15) is 0 Å². The van der Waals surface area contributed by atoms with E-state index in [-0.39, 0.29) is 0 Å². The molecule has 0 radical (unpaired) electrons. The molecule has 0 atom stereocenters. The lowest BCUT2D eigenvalue weighted by Crippen LogP contribution is -2.37. The Morgan fingerprint density at radius 1 is 0.485 bits per heavy atom. The maximum absolute atomic E-state index is 6.28. The van der Waals surface area contributed by atoms with Gasteiger partial charge in [-0.05, 0) is 61.3 Å². The quantitative estimate of drug-likeness (QED) is 0.184. The molecule has 0 saturated heterocycles. The van der Waals surface area contributed by atoms with Crippen LogP contribution in [0.15, 0.2) is 95.4 Å². The molecule has 0 saturated carbocycles. The summed E-state index contributed by atoms with van der Waals surface area (Å²) in [7, 11) is -1.46. The number of furan rings is 1. The molecule has 33 heavy (non-hydrogen) atoms. The van der Waals surface area contributed by atoms with Crippen molar-refractivity contribution in [3.05, 3.63) is 91.0 Å². The Kier molecular flexibility index (Phi) is 3.70. The molecule has 0 aliphatic heterocycles. The first-order chi connectivity index (χ1) is 16.0. The van der Waals surface area contributed by atoms with Gasteiger partial charge in [0.1, 0.15) is 11.2 Å². The van der Waals surface area contributed by atoms with Gasteiger partial charge in [-0.1, -0.05) is 97.6 Å². The third-order valence-electron chi connectivity index (χ3n) is 7.18. The molecule has 1 nitrogen and oxygen atoms in total. The number of hydrogen-bond donors (Lipinski definition) is 0. The Morgan fingerprint density at radius 2 is 1.21 bits per heavy atom. The lowest BCUT2D eigenvalue weighted by molar-refractivity contribution is 0.669. The molecule has 0 N–H and O–H groups in total. The van der Waals surface area contributed by atoms with E-state index in [1.807, 2.05) is 6.07 Å². The van der Waals surface area contributed by atoms with Crippen LogP contribution in [0, 0.1) is 0 Å². The van der Waals surface area contributed by atoms with Crippen LogP contribution < -0.4 is 5.19 Å². The second-order valence-corrected chi connectivity index (χ2v) is 15.3. The van der Waals surface area contributed by atoms with Crippen molar-refractivity contribution in [3.8, 4) is 0 Å². The summed E-state index contributed by atoms with van der Waals surface area (Å²) in [5, 5.41) is 14.4. The number of fused-ring (bicyclic) bond motifs is 11. The highest BCUT2D eigenvalue weighted by Gasteiger charge is 2.20. The first-order valence-corrected chi connectivity index (χ1v) is 15.1. The molecular formula is C31H24OSi. The highest BCUT2D eigenvalue weighted by molar-refractivity contribution is 6.88.